The van der Waals surface area contributed by atoms with Crippen molar-refractivity contribution in [3.05, 3.63) is 28.7 Å². The Kier molecular flexibility index (Phi) is 3.21. The summed E-state index contributed by atoms with van der Waals surface area (Å²) in [5, 5.41) is 7.90. The van der Waals surface area contributed by atoms with Crippen molar-refractivity contribution >= 4 is 22.9 Å². The van der Waals surface area contributed by atoms with E-state index < -0.39 is 6.36 Å². The van der Waals surface area contributed by atoms with E-state index in [0.29, 0.717) is 10.6 Å². The molecule has 0 fully saturated rings. The zero-order chi connectivity index (χ0) is 12.5. The molecule has 2 aromatic rings. The normalized spacial score (nSPS) is 11.5. The molecule has 0 unspecified atom stereocenters. The van der Waals surface area contributed by atoms with Gasteiger partial charge in [-0.15, -0.1) is 23.4 Å². The molecule has 1 aromatic heterocycles. The number of ether oxygens (including phenoxy) is 1. The topological polar surface area (TPSA) is 35.0 Å². The van der Waals surface area contributed by atoms with Crippen LogP contribution in [0.1, 0.15) is 0 Å². The van der Waals surface area contributed by atoms with E-state index in [1.54, 1.807) is 0 Å². The second kappa shape index (κ2) is 4.50. The van der Waals surface area contributed by atoms with E-state index in [-0.39, 0.29) is 10.2 Å². The van der Waals surface area contributed by atoms with Crippen molar-refractivity contribution in [3.63, 3.8) is 0 Å². The molecule has 0 radical (unpaired) electrons. The van der Waals surface area contributed by atoms with E-state index >= 15 is 0 Å². The first kappa shape index (κ1) is 12.1. The zero-order valence-electron chi connectivity index (χ0n) is 8.03. The van der Waals surface area contributed by atoms with Crippen LogP contribution in [0, 0.1) is 0 Å². The van der Waals surface area contributed by atoms with Crippen molar-refractivity contribution in [1.29, 1.82) is 0 Å². The summed E-state index contributed by atoms with van der Waals surface area (Å²) in [4.78, 5) is 0. The van der Waals surface area contributed by atoms with Crippen LogP contribution in [0.3, 0.4) is 0 Å². The van der Waals surface area contributed by atoms with E-state index in [2.05, 4.69) is 14.9 Å². The largest absolute Gasteiger partial charge is 0.573 e. The lowest BCUT2D eigenvalue weighted by molar-refractivity contribution is -0.274. The number of halogens is 4. The monoisotopic (exact) mass is 280 g/mol. The van der Waals surface area contributed by atoms with Gasteiger partial charge in [-0.2, -0.15) is 0 Å². The number of nitrogens with zero attached hydrogens (tertiary/aromatic N) is 2. The van der Waals surface area contributed by atoms with Crippen molar-refractivity contribution in [2.45, 2.75) is 6.36 Å². The molecule has 0 aliphatic carbocycles. The third-order valence-electron chi connectivity index (χ3n) is 1.74. The van der Waals surface area contributed by atoms with Crippen LogP contribution < -0.4 is 4.74 Å². The highest BCUT2D eigenvalue weighted by atomic mass is 35.5. The third kappa shape index (κ3) is 3.31. The summed E-state index contributed by atoms with van der Waals surface area (Å²) in [6.07, 6.45) is -4.69. The van der Waals surface area contributed by atoms with Crippen LogP contribution in [0.2, 0.25) is 4.47 Å². The molecule has 0 N–H and O–H groups in total. The molecule has 0 saturated carbocycles. The van der Waals surface area contributed by atoms with Crippen LogP contribution in [0.4, 0.5) is 13.2 Å². The summed E-state index contributed by atoms with van der Waals surface area (Å²) in [7, 11) is 0. The van der Waals surface area contributed by atoms with E-state index in [9.17, 15) is 13.2 Å². The highest BCUT2D eigenvalue weighted by Crippen LogP contribution is 2.29. The van der Waals surface area contributed by atoms with E-state index in [1.165, 1.54) is 24.3 Å². The average molecular weight is 281 g/mol. The quantitative estimate of drug-likeness (QED) is 0.840. The molecule has 3 nitrogen and oxygen atoms in total. The minimum atomic E-state index is -4.69. The molecule has 1 heterocycles. The summed E-state index contributed by atoms with van der Waals surface area (Å²) >= 11 is 6.74. The fourth-order valence-corrected chi connectivity index (χ4v) is 1.95. The summed E-state index contributed by atoms with van der Waals surface area (Å²) in [5.74, 6) is -0.281. The third-order valence-corrected chi connectivity index (χ3v) is 2.80. The van der Waals surface area contributed by atoms with Crippen molar-refractivity contribution in [3.8, 4) is 16.3 Å². The molecule has 0 spiro atoms. The molecule has 0 aliphatic rings. The maximum atomic E-state index is 11.9. The minimum absolute atomic E-state index is 0.274. The summed E-state index contributed by atoms with van der Waals surface area (Å²) in [6, 6.07) is 5.33. The second-order valence-electron chi connectivity index (χ2n) is 2.93. The summed E-state index contributed by atoms with van der Waals surface area (Å²) < 4.78 is 39.7. The average Bonchev–Trinajstić information content (AvgIpc) is 2.63. The molecule has 0 saturated heterocycles. The van der Waals surface area contributed by atoms with Gasteiger partial charge in [-0.05, 0) is 35.9 Å². The SMILES string of the molecule is FC(F)(F)Oc1ccc(-c2nnc(Cl)s2)cc1. The fraction of sp³-hybridized carbons (Fsp3) is 0.111. The van der Waals surface area contributed by atoms with Crippen LogP contribution >= 0.6 is 22.9 Å². The van der Waals surface area contributed by atoms with Crippen LogP contribution in [0.25, 0.3) is 10.6 Å². The maximum absolute atomic E-state index is 11.9. The Hall–Kier alpha value is -1.34. The van der Waals surface area contributed by atoms with Gasteiger partial charge in [0.2, 0.25) is 4.47 Å². The molecular weight excluding hydrogens is 277 g/mol. The lowest BCUT2D eigenvalue weighted by Crippen LogP contribution is -2.16. The molecule has 0 aliphatic heterocycles. The van der Waals surface area contributed by atoms with Gasteiger partial charge in [0.05, 0.1) is 0 Å². The number of hydrogen-bond acceptors (Lipinski definition) is 4. The molecule has 17 heavy (non-hydrogen) atoms. The van der Waals surface area contributed by atoms with Crippen molar-refractivity contribution < 1.29 is 17.9 Å². The maximum Gasteiger partial charge on any atom is 0.573 e. The molecule has 0 bridgehead atoms. The Morgan fingerprint density at radius 1 is 1.12 bits per heavy atom. The summed E-state index contributed by atoms with van der Waals surface area (Å²) in [5.41, 5.74) is 0.629. The van der Waals surface area contributed by atoms with Crippen molar-refractivity contribution in [1.82, 2.24) is 10.2 Å². The van der Waals surface area contributed by atoms with Crippen molar-refractivity contribution in [2.75, 3.05) is 0 Å². The van der Waals surface area contributed by atoms with Gasteiger partial charge in [0.15, 0.2) is 0 Å². The lowest BCUT2D eigenvalue weighted by Gasteiger charge is -2.08. The van der Waals surface area contributed by atoms with Crippen LogP contribution in [-0.2, 0) is 0 Å². The summed E-state index contributed by atoms with van der Waals surface area (Å²) in [6.45, 7) is 0. The number of rotatable bonds is 2. The van der Waals surface area contributed by atoms with Crippen molar-refractivity contribution in [2.24, 2.45) is 0 Å². The van der Waals surface area contributed by atoms with Crippen LogP contribution in [0.15, 0.2) is 24.3 Å². The van der Waals surface area contributed by atoms with Gasteiger partial charge in [0, 0.05) is 5.56 Å². The van der Waals surface area contributed by atoms with E-state index in [0.717, 1.165) is 11.3 Å². The number of aromatic nitrogens is 2. The predicted molar refractivity (Wildman–Crippen MR) is 57.0 cm³/mol. The van der Waals surface area contributed by atoms with Gasteiger partial charge in [-0.3, -0.25) is 0 Å². The van der Waals surface area contributed by atoms with Gasteiger partial charge < -0.3 is 4.74 Å². The smallest absolute Gasteiger partial charge is 0.406 e. The van der Waals surface area contributed by atoms with E-state index in [4.69, 9.17) is 11.6 Å². The predicted octanol–water partition coefficient (Wildman–Crippen LogP) is 3.76. The standard InChI is InChI=1S/C9H4ClF3N2OS/c10-8-15-14-7(17-8)5-1-3-6(4-2-5)16-9(11,12)13/h1-4H. The molecule has 1 aromatic carbocycles. The Morgan fingerprint density at radius 3 is 2.24 bits per heavy atom. The number of hydrogen-bond donors (Lipinski definition) is 0. The van der Waals surface area contributed by atoms with Gasteiger partial charge >= 0.3 is 6.36 Å². The second-order valence-corrected chi connectivity index (χ2v) is 4.49. The number of alkyl halides is 3. The Labute approximate surface area is 103 Å². The van der Waals surface area contributed by atoms with Gasteiger partial charge in [-0.1, -0.05) is 11.3 Å². The first-order valence-electron chi connectivity index (χ1n) is 4.29. The first-order chi connectivity index (χ1) is 7.94. The minimum Gasteiger partial charge on any atom is -0.406 e. The van der Waals surface area contributed by atoms with Gasteiger partial charge in [0.1, 0.15) is 10.8 Å². The highest BCUT2D eigenvalue weighted by Gasteiger charge is 2.30. The Balaban J connectivity index is 2.19. The fourth-order valence-electron chi connectivity index (χ4n) is 1.12. The van der Waals surface area contributed by atoms with E-state index in [1.807, 2.05) is 0 Å². The lowest BCUT2D eigenvalue weighted by atomic mass is 10.2. The van der Waals surface area contributed by atoms with Gasteiger partial charge in [-0.25, -0.2) is 0 Å². The van der Waals surface area contributed by atoms with Crippen LogP contribution in [-0.4, -0.2) is 16.6 Å². The Morgan fingerprint density at radius 2 is 1.76 bits per heavy atom. The molecule has 0 amide bonds. The molecule has 0 atom stereocenters. The molecule has 2 rings (SSSR count). The molecule has 8 heteroatoms. The zero-order valence-corrected chi connectivity index (χ0v) is 9.60. The molecule has 90 valence electrons. The van der Waals surface area contributed by atoms with Crippen LogP contribution in [0.5, 0.6) is 5.75 Å². The molecular formula is C9H4ClF3N2OS. The first-order valence-corrected chi connectivity index (χ1v) is 5.49. The Bertz CT molecular complexity index is 512. The number of benzene rings is 1. The van der Waals surface area contributed by atoms with Gasteiger partial charge in [0.25, 0.3) is 0 Å². The highest BCUT2D eigenvalue weighted by molar-refractivity contribution is 7.18.